The molecule has 5 rings (SSSR count). The average Bonchev–Trinajstić information content (AvgIpc) is 3.55. The first-order chi connectivity index (χ1) is 18.4. The van der Waals surface area contributed by atoms with Crippen LogP contribution in [-0.2, 0) is 17.4 Å². The fourth-order valence-electron chi connectivity index (χ4n) is 3.65. The lowest BCUT2D eigenvalue weighted by Gasteiger charge is -2.10. The fourth-order valence-corrected chi connectivity index (χ4v) is 5.27. The molecule has 0 aliphatic heterocycles. The Morgan fingerprint density at radius 2 is 1.79 bits per heavy atom. The van der Waals surface area contributed by atoms with Gasteiger partial charge in [0.2, 0.25) is 5.91 Å². The fraction of sp³-hybridized carbons (Fsp3) is 0.115. The van der Waals surface area contributed by atoms with E-state index >= 15 is 0 Å². The molecule has 12 heteroatoms. The lowest BCUT2D eigenvalue weighted by Crippen LogP contribution is -2.14. The Morgan fingerprint density at radius 3 is 2.55 bits per heavy atom. The molecule has 3 aromatic heterocycles. The first-order valence-electron chi connectivity index (χ1n) is 11.3. The molecule has 0 bridgehead atoms. The van der Waals surface area contributed by atoms with Crippen molar-refractivity contribution in [2.24, 2.45) is 0 Å². The molecule has 1 N–H and O–H groups in total. The molecule has 0 unspecified atom stereocenters. The van der Waals surface area contributed by atoms with E-state index in [1.54, 1.807) is 24.7 Å². The van der Waals surface area contributed by atoms with Crippen molar-refractivity contribution < 1.29 is 18.0 Å². The minimum absolute atomic E-state index is 0.0594. The number of hydrogen-bond acceptors (Lipinski definition) is 7. The predicted molar refractivity (Wildman–Crippen MR) is 140 cm³/mol. The van der Waals surface area contributed by atoms with Crippen LogP contribution in [0.5, 0.6) is 0 Å². The number of pyridine rings is 1. The average molecular weight is 553 g/mol. The van der Waals surface area contributed by atoms with Crippen LogP contribution in [0, 0.1) is 0 Å². The van der Waals surface area contributed by atoms with Crippen LogP contribution in [0.3, 0.4) is 0 Å². The van der Waals surface area contributed by atoms with Gasteiger partial charge < -0.3 is 5.32 Å². The number of thiazole rings is 1. The van der Waals surface area contributed by atoms with Gasteiger partial charge in [-0.25, -0.2) is 4.98 Å². The molecular weight excluding hydrogens is 533 g/mol. The Bertz CT molecular complexity index is 1540. The van der Waals surface area contributed by atoms with Gasteiger partial charge in [0.1, 0.15) is 0 Å². The molecule has 0 aliphatic rings. The lowest BCUT2D eigenvalue weighted by molar-refractivity contribution is -0.137. The van der Waals surface area contributed by atoms with E-state index < -0.39 is 11.7 Å². The van der Waals surface area contributed by atoms with Crippen molar-refractivity contribution in [1.82, 2.24) is 24.7 Å². The zero-order valence-corrected chi connectivity index (χ0v) is 21.2. The molecule has 2 aromatic carbocycles. The van der Waals surface area contributed by atoms with Crippen LogP contribution in [0.1, 0.15) is 16.0 Å². The Labute approximate surface area is 223 Å². The molecular formula is C26H19F3N6OS2. The predicted octanol–water partition coefficient (Wildman–Crippen LogP) is 6.13. The minimum atomic E-state index is -4.40. The second-order valence-electron chi connectivity index (χ2n) is 8.06. The van der Waals surface area contributed by atoms with Gasteiger partial charge in [-0.1, -0.05) is 48.2 Å². The summed E-state index contributed by atoms with van der Waals surface area (Å²) in [4.78, 5) is 21.7. The zero-order chi connectivity index (χ0) is 26.5. The largest absolute Gasteiger partial charge is 0.416 e. The zero-order valence-electron chi connectivity index (χ0n) is 19.6. The number of rotatable bonds is 8. The van der Waals surface area contributed by atoms with Crippen molar-refractivity contribution in [2.45, 2.75) is 17.8 Å². The number of nitrogens with zero attached hydrogens (tertiary/aromatic N) is 5. The third-order valence-corrected chi connectivity index (χ3v) is 7.19. The highest BCUT2D eigenvalue weighted by Gasteiger charge is 2.30. The third kappa shape index (κ3) is 6.09. The van der Waals surface area contributed by atoms with Crippen molar-refractivity contribution in [3.8, 4) is 17.1 Å². The SMILES string of the molecule is O=C(CSc1nnc(-c2ccncc2)n1-c1ccccc1)Nc1ncc(Cc2cccc(C(F)(F)F)c2)s1. The Balaban J connectivity index is 1.25. The van der Waals surface area contributed by atoms with E-state index in [4.69, 9.17) is 0 Å². The van der Waals surface area contributed by atoms with Gasteiger partial charge in [-0.3, -0.25) is 14.3 Å². The highest BCUT2D eigenvalue weighted by Crippen LogP contribution is 2.31. The van der Waals surface area contributed by atoms with Crippen molar-refractivity contribution >= 4 is 34.1 Å². The summed E-state index contributed by atoms with van der Waals surface area (Å²) in [6, 6.07) is 18.4. The Morgan fingerprint density at radius 1 is 1.00 bits per heavy atom. The number of thioether (sulfide) groups is 1. The number of benzene rings is 2. The maximum Gasteiger partial charge on any atom is 0.416 e. The molecule has 0 radical (unpaired) electrons. The van der Waals surface area contributed by atoms with Crippen LogP contribution in [0.25, 0.3) is 17.1 Å². The van der Waals surface area contributed by atoms with E-state index in [-0.39, 0.29) is 18.1 Å². The summed E-state index contributed by atoms with van der Waals surface area (Å²) in [5, 5.41) is 12.3. The van der Waals surface area contributed by atoms with Gasteiger partial charge in [0, 0.05) is 41.1 Å². The van der Waals surface area contributed by atoms with Gasteiger partial charge in [-0.05, 0) is 35.9 Å². The number of carbonyl (C=O) groups is 1. The number of hydrogen-bond donors (Lipinski definition) is 1. The molecule has 192 valence electrons. The summed E-state index contributed by atoms with van der Waals surface area (Å²) < 4.78 is 40.8. The van der Waals surface area contributed by atoms with Gasteiger partial charge in [0.25, 0.3) is 0 Å². The second-order valence-corrected chi connectivity index (χ2v) is 10.1. The molecule has 0 saturated heterocycles. The van der Waals surface area contributed by atoms with Gasteiger partial charge in [0.15, 0.2) is 16.1 Å². The van der Waals surface area contributed by atoms with Gasteiger partial charge in [-0.15, -0.1) is 21.5 Å². The molecule has 0 spiro atoms. The molecule has 0 saturated carbocycles. The van der Waals surface area contributed by atoms with E-state index in [2.05, 4.69) is 25.5 Å². The molecule has 5 aromatic rings. The summed E-state index contributed by atoms with van der Waals surface area (Å²) in [5.41, 5.74) is 1.51. The summed E-state index contributed by atoms with van der Waals surface area (Å²) in [6.07, 6.45) is 0.791. The van der Waals surface area contributed by atoms with Crippen molar-refractivity contribution in [3.05, 3.63) is 101 Å². The number of aromatic nitrogens is 5. The van der Waals surface area contributed by atoms with Crippen molar-refractivity contribution in [3.63, 3.8) is 0 Å². The monoisotopic (exact) mass is 552 g/mol. The van der Waals surface area contributed by atoms with Crippen molar-refractivity contribution in [1.29, 1.82) is 0 Å². The van der Waals surface area contributed by atoms with Crippen molar-refractivity contribution in [2.75, 3.05) is 11.1 Å². The molecule has 0 aliphatic carbocycles. The number of halogens is 3. The number of anilines is 1. The van der Waals surface area contributed by atoms with Crippen LogP contribution in [0.4, 0.5) is 18.3 Å². The first kappa shape index (κ1) is 25.6. The molecule has 0 atom stereocenters. The second kappa shape index (κ2) is 11.2. The van der Waals surface area contributed by atoms with Crippen LogP contribution < -0.4 is 5.32 Å². The van der Waals surface area contributed by atoms with Crippen LogP contribution in [0.2, 0.25) is 0 Å². The number of carbonyl (C=O) groups excluding carboxylic acids is 1. The highest BCUT2D eigenvalue weighted by atomic mass is 32.2. The van der Waals surface area contributed by atoms with Gasteiger partial charge in [-0.2, -0.15) is 13.2 Å². The Hall–Kier alpha value is -4.03. The van der Waals surface area contributed by atoms with E-state index in [0.717, 1.165) is 28.3 Å². The summed E-state index contributed by atoms with van der Waals surface area (Å²) >= 11 is 2.45. The lowest BCUT2D eigenvalue weighted by atomic mass is 10.1. The topological polar surface area (TPSA) is 85.6 Å². The first-order valence-corrected chi connectivity index (χ1v) is 13.1. The maximum absolute atomic E-state index is 13.0. The van der Waals surface area contributed by atoms with Crippen LogP contribution in [-0.4, -0.2) is 36.4 Å². The molecule has 0 fully saturated rings. The molecule has 1 amide bonds. The van der Waals surface area contributed by atoms with Gasteiger partial charge >= 0.3 is 6.18 Å². The van der Waals surface area contributed by atoms with E-state index in [9.17, 15) is 18.0 Å². The normalized spacial score (nSPS) is 11.4. The number of para-hydroxylation sites is 1. The quantitative estimate of drug-likeness (QED) is 0.233. The smallest absolute Gasteiger partial charge is 0.301 e. The van der Waals surface area contributed by atoms with Crippen LogP contribution in [0.15, 0.2) is 90.5 Å². The standard InChI is InChI=1S/C26H19F3N6OS2/c27-26(28,29)19-6-4-5-17(13-19)14-21-15-31-24(38-21)32-22(36)16-37-25-34-33-23(18-9-11-30-12-10-18)35(25)20-7-2-1-3-8-20/h1-13,15H,14,16H2,(H,31,32,36). The van der Waals surface area contributed by atoms with Gasteiger partial charge in [0.05, 0.1) is 11.3 Å². The van der Waals surface area contributed by atoms with E-state index in [0.29, 0.717) is 21.7 Å². The number of alkyl halides is 3. The molecule has 38 heavy (non-hydrogen) atoms. The van der Waals surface area contributed by atoms with E-state index in [1.165, 1.54) is 29.2 Å². The number of nitrogens with one attached hydrogen (secondary N) is 1. The molecule has 7 nitrogen and oxygen atoms in total. The molecule has 3 heterocycles. The minimum Gasteiger partial charge on any atom is -0.301 e. The van der Waals surface area contributed by atoms with E-state index in [1.807, 2.05) is 47.0 Å². The summed E-state index contributed by atoms with van der Waals surface area (Å²) in [7, 11) is 0. The number of amides is 1. The van der Waals surface area contributed by atoms with Crippen LogP contribution >= 0.6 is 23.1 Å². The maximum atomic E-state index is 13.0. The third-order valence-electron chi connectivity index (χ3n) is 5.35. The Kier molecular flexibility index (Phi) is 7.52. The highest BCUT2D eigenvalue weighted by molar-refractivity contribution is 7.99. The summed E-state index contributed by atoms with van der Waals surface area (Å²) in [6.45, 7) is 0. The summed E-state index contributed by atoms with van der Waals surface area (Å²) in [5.74, 6) is 0.396.